The van der Waals surface area contributed by atoms with Crippen molar-refractivity contribution >= 4 is 27.4 Å². The lowest BCUT2D eigenvalue weighted by atomic mass is 9.99. The molecule has 0 fully saturated rings. The number of carbonyl (C=O) groups excluding carboxylic acids is 1. The van der Waals surface area contributed by atoms with Gasteiger partial charge in [-0.1, -0.05) is 41.1 Å². The summed E-state index contributed by atoms with van der Waals surface area (Å²) in [5.74, 6) is 0.196. The van der Waals surface area contributed by atoms with E-state index in [1.807, 2.05) is 30.3 Å². The second-order valence-corrected chi connectivity index (χ2v) is 7.40. The zero-order chi connectivity index (χ0) is 15.8. The van der Waals surface area contributed by atoms with Crippen LogP contribution in [-0.2, 0) is 11.2 Å². The first-order valence-corrected chi connectivity index (χ1v) is 9.43. The van der Waals surface area contributed by atoms with E-state index in [0.717, 1.165) is 11.4 Å². The molecule has 1 aromatic carbocycles. The summed E-state index contributed by atoms with van der Waals surface area (Å²) in [6, 6.07) is 14.1. The molecule has 2 N–H and O–H groups in total. The van der Waals surface area contributed by atoms with Crippen LogP contribution in [0.5, 0.6) is 0 Å². The summed E-state index contributed by atoms with van der Waals surface area (Å²) >= 11 is 0. The average Bonchev–Trinajstić information content (AvgIpc) is 2.53. The highest BCUT2D eigenvalue weighted by molar-refractivity contribution is 8.76. The Balaban J connectivity index is 2.17. The number of Topliss-reactive ketones (excluding diaryl/α,β-unsaturated/α-hetero) is 1. The molecule has 1 unspecified atom stereocenters. The summed E-state index contributed by atoms with van der Waals surface area (Å²) in [7, 11) is 3.30. The van der Waals surface area contributed by atoms with Gasteiger partial charge < -0.3 is 5.73 Å². The molecule has 0 radical (unpaired) electrons. The van der Waals surface area contributed by atoms with Gasteiger partial charge in [-0.2, -0.15) is 0 Å². The highest BCUT2D eigenvalue weighted by Gasteiger charge is 2.18. The van der Waals surface area contributed by atoms with E-state index in [-0.39, 0.29) is 11.0 Å². The Bertz CT molecular complexity index is 605. The third-order valence-electron chi connectivity index (χ3n) is 3.18. The summed E-state index contributed by atoms with van der Waals surface area (Å²) < 4.78 is 0. The zero-order valence-electron chi connectivity index (χ0n) is 12.6. The van der Waals surface area contributed by atoms with Crippen LogP contribution in [0.3, 0.4) is 0 Å². The van der Waals surface area contributed by atoms with E-state index in [1.165, 1.54) is 11.1 Å². The van der Waals surface area contributed by atoms with Crippen molar-refractivity contribution in [3.05, 3.63) is 59.8 Å². The summed E-state index contributed by atoms with van der Waals surface area (Å²) in [6.45, 7) is 2.26. The number of hydrogen-bond acceptors (Lipinski definition) is 5. The molecule has 1 heterocycles. The Kier molecular flexibility index (Phi) is 6.96. The fraction of sp³-hybridized carbons (Fsp3) is 0.294. The van der Waals surface area contributed by atoms with E-state index in [0.29, 0.717) is 13.0 Å². The number of rotatable bonds is 8. The van der Waals surface area contributed by atoms with Crippen molar-refractivity contribution in [3.8, 4) is 0 Å². The SMILES string of the molecule is CC(=O)CC(SSc1ccccn1)c1ccccc1CCN. The molecule has 0 spiro atoms. The maximum absolute atomic E-state index is 11.6. The Labute approximate surface area is 139 Å². The lowest BCUT2D eigenvalue weighted by Crippen LogP contribution is -2.08. The van der Waals surface area contributed by atoms with Gasteiger partial charge in [0.1, 0.15) is 10.8 Å². The van der Waals surface area contributed by atoms with E-state index < -0.39 is 0 Å². The maximum atomic E-state index is 11.6. The van der Waals surface area contributed by atoms with Gasteiger partial charge in [0, 0.05) is 17.9 Å². The third-order valence-corrected chi connectivity index (χ3v) is 5.84. The molecule has 0 aliphatic carbocycles. The Morgan fingerprint density at radius 3 is 2.68 bits per heavy atom. The molecule has 3 nitrogen and oxygen atoms in total. The predicted molar refractivity (Wildman–Crippen MR) is 94.9 cm³/mol. The number of carbonyl (C=O) groups is 1. The lowest BCUT2D eigenvalue weighted by Gasteiger charge is -2.18. The highest BCUT2D eigenvalue weighted by Crippen LogP contribution is 2.44. The molecule has 5 heteroatoms. The minimum Gasteiger partial charge on any atom is -0.330 e. The molecule has 0 saturated carbocycles. The molecular formula is C17H20N2OS2. The van der Waals surface area contributed by atoms with Crippen LogP contribution in [0, 0.1) is 0 Å². The van der Waals surface area contributed by atoms with Crippen LogP contribution in [0.4, 0.5) is 0 Å². The van der Waals surface area contributed by atoms with Gasteiger partial charge in [-0.05, 0) is 53.9 Å². The Morgan fingerprint density at radius 1 is 1.23 bits per heavy atom. The van der Waals surface area contributed by atoms with E-state index >= 15 is 0 Å². The number of nitrogens with two attached hydrogens (primary N) is 1. The number of nitrogens with zero attached hydrogens (tertiary/aromatic N) is 1. The number of pyridine rings is 1. The number of hydrogen-bond donors (Lipinski definition) is 1. The molecule has 0 amide bonds. The summed E-state index contributed by atoms with van der Waals surface area (Å²) in [4.78, 5) is 16.0. The van der Waals surface area contributed by atoms with Crippen molar-refractivity contribution in [2.24, 2.45) is 5.73 Å². The van der Waals surface area contributed by atoms with Gasteiger partial charge in [-0.3, -0.25) is 4.79 Å². The second-order valence-electron chi connectivity index (χ2n) is 4.98. The van der Waals surface area contributed by atoms with E-state index in [9.17, 15) is 4.79 Å². The third kappa shape index (κ3) is 5.16. The van der Waals surface area contributed by atoms with Crippen LogP contribution in [0.25, 0.3) is 0 Å². The Morgan fingerprint density at radius 2 is 2.00 bits per heavy atom. The molecule has 0 aliphatic rings. The van der Waals surface area contributed by atoms with Gasteiger partial charge >= 0.3 is 0 Å². The second kappa shape index (κ2) is 8.98. The van der Waals surface area contributed by atoms with Gasteiger partial charge in [0.2, 0.25) is 0 Å². The van der Waals surface area contributed by atoms with Crippen molar-refractivity contribution < 1.29 is 4.79 Å². The van der Waals surface area contributed by atoms with Crippen LogP contribution in [0.15, 0.2) is 53.7 Å². The topological polar surface area (TPSA) is 56.0 Å². The molecule has 0 bridgehead atoms. The number of benzene rings is 1. The van der Waals surface area contributed by atoms with Gasteiger partial charge in [0.15, 0.2) is 0 Å². The van der Waals surface area contributed by atoms with Crippen LogP contribution in [0.1, 0.15) is 29.7 Å². The van der Waals surface area contributed by atoms with Crippen molar-refractivity contribution in [1.82, 2.24) is 4.98 Å². The predicted octanol–water partition coefficient (Wildman–Crippen LogP) is 4.04. The highest BCUT2D eigenvalue weighted by atomic mass is 33.1. The van der Waals surface area contributed by atoms with Crippen molar-refractivity contribution in [2.75, 3.05) is 6.54 Å². The van der Waals surface area contributed by atoms with Crippen molar-refractivity contribution in [3.63, 3.8) is 0 Å². The molecule has 1 atom stereocenters. The van der Waals surface area contributed by atoms with Gasteiger partial charge in [-0.15, -0.1) is 0 Å². The fourth-order valence-electron chi connectivity index (χ4n) is 2.19. The first-order chi connectivity index (χ1) is 10.7. The van der Waals surface area contributed by atoms with Gasteiger partial charge in [0.05, 0.1) is 0 Å². The van der Waals surface area contributed by atoms with Crippen LogP contribution >= 0.6 is 21.6 Å². The minimum absolute atomic E-state index is 0.118. The normalized spacial score (nSPS) is 12.1. The summed E-state index contributed by atoms with van der Waals surface area (Å²) in [6.07, 6.45) is 3.14. The van der Waals surface area contributed by atoms with Gasteiger partial charge in [0.25, 0.3) is 0 Å². The molecule has 22 heavy (non-hydrogen) atoms. The smallest absolute Gasteiger partial charge is 0.131 e. The number of ketones is 1. The summed E-state index contributed by atoms with van der Waals surface area (Å²) in [5, 5.41) is 1.07. The van der Waals surface area contributed by atoms with E-state index in [4.69, 9.17) is 5.73 Å². The fourth-order valence-corrected chi connectivity index (χ4v) is 4.74. The Hall–Kier alpha value is -1.30. The maximum Gasteiger partial charge on any atom is 0.131 e. The van der Waals surface area contributed by atoms with Crippen LogP contribution < -0.4 is 5.73 Å². The van der Waals surface area contributed by atoms with Crippen molar-refractivity contribution in [2.45, 2.75) is 30.0 Å². The molecule has 0 aliphatic heterocycles. The lowest BCUT2D eigenvalue weighted by molar-refractivity contribution is -0.117. The number of aromatic nitrogens is 1. The molecule has 0 saturated heterocycles. The van der Waals surface area contributed by atoms with Crippen molar-refractivity contribution in [1.29, 1.82) is 0 Å². The average molecular weight is 332 g/mol. The van der Waals surface area contributed by atoms with E-state index in [2.05, 4.69) is 17.1 Å². The molecular weight excluding hydrogens is 312 g/mol. The first-order valence-electron chi connectivity index (χ1n) is 7.22. The molecule has 2 rings (SSSR count). The minimum atomic E-state index is 0.118. The molecule has 116 valence electrons. The largest absolute Gasteiger partial charge is 0.330 e. The first kappa shape index (κ1) is 17.1. The zero-order valence-corrected chi connectivity index (χ0v) is 14.2. The van der Waals surface area contributed by atoms with Crippen LogP contribution in [0.2, 0.25) is 0 Å². The molecule has 2 aromatic rings. The standard InChI is InChI=1S/C17H20N2OS2/c1-13(20)12-16(21-22-17-8-4-5-11-19-17)15-7-3-2-6-14(15)9-10-18/h2-8,11,16H,9-10,12,18H2,1H3. The summed E-state index contributed by atoms with van der Waals surface area (Å²) in [5.41, 5.74) is 8.14. The monoisotopic (exact) mass is 332 g/mol. The molecule has 1 aromatic heterocycles. The van der Waals surface area contributed by atoms with Crippen LogP contribution in [-0.4, -0.2) is 17.3 Å². The van der Waals surface area contributed by atoms with E-state index in [1.54, 1.807) is 34.7 Å². The van der Waals surface area contributed by atoms with Gasteiger partial charge in [-0.25, -0.2) is 4.98 Å². The quantitative estimate of drug-likeness (QED) is 0.739.